The zero-order valence-corrected chi connectivity index (χ0v) is 12.0. The van der Waals surface area contributed by atoms with Gasteiger partial charge in [-0.3, -0.25) is 25.1 Å². The number of nitro benzene ring substituents is 2. The standard InChI is InChI=1S/C13H18N4O4/c1-9-6-14-7-10(2)15(9)8-11-3-4-12(16(18)19)5-13(11)17(20)21/h3-5,9-10,14H,6-8H2,1-2H3. The Balaban J connectivity index is 2.30. The third-order valence-corrected chi connectivity index (χ3v) is 3.84. The molecule has 0 spiro atoms. The molecule has 1 aromatic rings. The van der Waals surface area contributed by atoms with Gasteiger partial charge in [-0.25, -0.2) is 0 Å². The Hall–Kier alpha value is -2.06. The van der Waals surface area contributed by atoms with Gasteiger partial charge in [-0.05, 0) is 19.9 Å². The summed E-state index contributed by atoms with van der Waals surface area (Å²) in [7, 11) is 0. The number of benzene rings is 1. The van der Waals surface area contributed by atoms with Crippen LogP contribution >= 0.6 is 0 Å². The normalized spacial score (nSPS) is 23.0. The Morgan fingerprint density at radius 2 is 1.81 bits per heavy atom. The van der Waals surface area contributed by atoms with Crippen molar-refractivity contribution in [3.63, 3.8) is 0 Å². The lowest BCUT2D eigenvalue weighted by atomic mass is 10.1. The van der Waals surface area contributed by atoms with E-state index in [1.165, 1.54) is 12.1 Å². The van der Waals surface area contributed by atoms with E-state index in [0.717, 1.165) is 19.2 Å². The number of piperazine rings is 1. The molecule has 1 aliphatic heterocycles. The molecule has 0 bridgehead atoms. The highest BCUT2D eigenvalue weighted by atomic mass is 16.6. The van der Waals surface area contributed by atoms with E-state index >= 15 is 0 Å². The highest BCUT2D eigenvalue weighted by Gasteiger charge is 2.27. The van der Waals surface area contributed by atoms with Crippen LogP contribution in [0.2, 0.25) is 0 Å². The minimum absolute atomic E-state index is 0.192. The first-order chi connectivity index (χ1) is 9.90. The van der Waals surface area contributed by atoms with Crippen LogP contribution in [0.1, 0.15) is 19.4 Å². The van der Waals surface area contributed by atoms with Crippen LogP contribution in [0.5, 0.6) is 0 Å². The molecule has 114 valence electrons. The van der Waals surface area contributed by atoms with E-state index in [1.807, 2.05) is 0 Å². The number of nitro groups is 2. The SMILES string of the molecule is CC1CNCC(C)N1Cc1ccc([N+](=O)[O-])cc1[N+](=O)[O-]. The van der Waals surface area contributed by atoms with Crippen LogP contribution in [0, 0.1) is 20.2 Å². The van der Waals surface area contributed by atoms with Crippen molar-refractivity contribution in [1.29, 1.82) is 0 Å². The van der Waals surface area contributed by atoms with Crippen LogP contribution in [0.25, 0.3) is 0 Å². The van der Waals surface area contributed by atoms with Crippen molar-refractivity contribution in [2.75, 3.05) is 13.1 Å². The zero-order chi connectivity index (χ0) is 15.6. The van der Waals surface area contributed by atoms with Crippen molar-refractivity contribution in [2.24, 2.45) is 0 Å². The first-order valence-electron chi connectivity index (χ1n) is 6.78. The van der Waals surface area contributed by atoms with E-state index in [1.54, 1.807) is 0 Å². The van der Waals surface area contributed by atoms with Crippen LogP contribution < -0.4 is 5.32 Å². The van der Waals surface area contributed by atoms with E-state index in [-0.39, 0.29) is 23.5 Å². The molecule has 0 amide bonds. The summed E-state index contributed by atoms with van der Waals surface area (Å²) in [5.41, 5.74) is 0.0557. The highest BCUT2D eigenvalue weighted by Crippen LogP contribution is 2.27. The maximum atomic E-state index is 11.2. The quantitative estimate of drug-likeness (QED) is 0.669. The third-order valence-electron chi connectivity index (χ3n) is 3.84. The van der Waals surface area contributed by atoms with Gasteiger partial charge in [0.15, 0.2) is 0 Å². The molecule has 0 radical (unpaired) electrons. The van der Waals surface area contributed by atoms with E-state index in [4.69, 9.17) is 0 Å². The van der Waals surface area contributed by atoms with Gasteiger partial charge in [-0.2, -0.15) is 0 Å². The summed E-state index contributed by atoms with van der Waals surface area (Å²) in [6.45, 7) is 6.17. The first kappa shape index (κ1) is 15.3. The van der Waals surface area contributed by atoms with E-state index < -0.39 is 9.85 Å². The number of nitrogens with zero attached hydrogens (tertiary/aromatic N) is 3. The van der Waals surface area contributed by atoms with Gasteiger partial charge >= 0.3 is 0 Å². The van der Waals surface area contributed by atoms with Crippen molar-refractivity contribution >= 4 is 11.4 Å². The largest absolute Gasteiger partial charge is 0.314 e. The molecular formula is C13H18N4O4. The minimum Gasteiger partial charge on any atom is -0.314 e. The summed E-state index contributed by atoms with van der Waals surface area (Å²) in [6.07, 6.45) is 0. The van der Waals surface area contributed by atoms with Crippen molar-refractivity contribution in [2.45, 2.75) is 32.5 Å². The topological polar surface area (TPSA) is 102 Å². The van der Waals surface area contributed by atoms with Crippen LogP contribution in [0.15, 0.2) is 18.2 Å². The van der Waals surface area contributed by atoms with E-state index in [9.17, 15) is 20.2 Å². The lowest BCUT2D eigenvalue weighted by Gasteiger charge is -2.39. The van der Waals surface area contributed by atoms with Crippen LogP contribution in [-0.4, -0.2) is 39.9 Å². The molecule has 0 aliphatic carbocycles. The van der Waals surface area contributed by atoms with Gasteiger partial charge in [0.05, 0.1) is 15.9 Å². The van der Waals surface area contributed by atoms with Crippen molar-refractivity contribution in [3.8, 4) is 0 Å². The highest BCUT2D eigenvalue weighted by molar-refractivity contribution is 5.49. The van der Waals surface area contributed by atoms with Gasteiger partial charge < -0.3 is 5.32 Å². The second-order valence-electron chi connectivity index (χ2n) is 5.36. The fourth-order valence-electron chi connectivity index (χ4n) is 2.65. The van der Waals surface area contributed by atoms with Crippen LogP contribution in [0.3, 0.4) is 0 Å². The fraction of sp³-hybridized carbons (Fsp3) is 0.538. The molecule has 1 aromatic carbocycles. The molecule has 1 fully saturated rings. The molecular weight excluding hydrogens is 276 g/mol. The Kier molecular flexibility index (Phi) is 4.49. The number of hydrogen-bond donors (Lipinski definition) is 1. The second kappa shape index (κ2) is 6.15. The molecule has 1 aliphatic rings. The van der Waals surface area contributed by atoms with Gasteiger partial charge in [0.2, 0.25) is 0 Å². The smallest absolute Gasteiger partial charge is 0.280 e. The van der Waals surface area contributed by atoms with Gasteiger partial charge in [0, 0.05) is 43.3 Å². The summed E-state index contributed by atoms with van der Waals surface area (Å²) in [6, 6.07) is 4.34. The number of hydrogen-bond acceptors (Lipinski definition) is 6. The maximum absolute atomic E-state index is 11.2. The molecule has 8 nitrogen and oxygen atoms in total. The van der Waals surface area contributed by atoms with E-state index in [0.29, 0.717) is 12.1 Å². The Morgan fingerprint density at radius 3 is 2.33 bits per heavy atom. The van der Waals surface area contributed by atoms with Gasteiger partial charge in [-0.15, -0.1) is 0 Å². The average molecular weight is 294 g/mol. The number of nitrogens with one attached hydrogen (secondary N) is 1. The Labute approximate surface area is 122 Å². The summed E-state index contributed by atoms with van der Waals surface area (Å²) >= 11 is 0. The van der Waals surface area contributed by atoms with Crippen LogP contribution in [-0.2, 0) is 6.54 Å². The number of non-ortho nitro benzene ring substituents is 1. The number of rotatable bonds is 4. The molecule has 2 unspecified atom stereocenters. The lowest BCUT2D eigenvalue weighted by molar-refractivity contribution is -0.394. The third kappa shape index (κ3) is 3.34. The molecule has 21 heavy (non-hydrogen) atoms. The minimum atomic E-state index is -0.618. The van der Waals surface area contributed by atoms with Crippen LogP contribution in [0.4, 0.5) is 11.4 Å². The summed E-state index contributed by atoms with van der Waals surface area (Å²) in [5, 5.41) is 25.2. The average Bonchev–Trinajstić information content (AvgIpc) is 2.42. The Morgan fingerprint density at radius 1 is 1.19 bits per heavy atom. The summed E-state index contributed by atoms with van der Waals surface area (Å²) in [4.78, 5) is 22.9. The maximum Gasteiger partial charge on any atom is 0.280 e. The molecule has 2 rings (SSSR count). The van der Waals surface area contributed by atoms with Gasteiger partial charge in [0.25, 0.3) is 11.4 Å². The van der Waals surface area contributed by atoms with Crippen molar-refractivity contribution in [3.05, 3.63) is 44.0 Å². The molecule has 1 heterocycles. The summed E-state index contributed by atoms with van der Waals surface area (Å²) in [5.74, 6) is 0. The zero-order valence-electron chi connectivity index (χ0n) is 12.0. The summed E-state index contributed by atoms with van der Waals surface area (Å²) < 4.78 is 0. The molecule has 1 N–H and O–H groups in total. The fourth-order valence-corrected chi connectivity index (χ4v) is 2.65. The lowest BCUT2D eigenvalue weighted by Crippen LogP contribution is -2.54. The Bertz CT molecular complexity index is 553. The monoisotopic (exact) mass is 294 g/mol. The molecule has 1 saturated heterocycles. The predicted octanol–water partition coefficient (Wildman–Crippen LogP) is 1.69. The second-order valence-corrected chi connectivity index (χ2v) is 5.36. The van der Waals surface area contributed by atoms with Gasteiger partial charge in [0.1, 0.15) is 0 Å². The van der Waals surface area contributed by atoms with Gasteiger partial charge in [-0.1, -0.05) is 0 Å². The molecule has 0 aromatic heterocycles. The first-order valence-corrected chi connectivity index (χ1v) is 6.78. The molecule has 0 saturated carbocycles. The van der Waals surface area contributed by atoms with E-state index in [2.05, 4.69) is 24.1 Å². The molecule has 2 atom stereocenters. The predicted molar refractivity (Wildman–Crippen MR) is 77.1 cm³/mol. The molecule has 8 heteroatoms. The van der Waals surface area contributed by atoms with Crippen molar-refractivity contribution in [1.82, 2.24) is 10.2 Å². The van der Waals surface area contributed by atoms with Crippen molar-refractivity contribution < 1.29 is 9.85 Å².